The molecule has 0 aliphatic heterocycles. The summed E-state index contributed by atoms with van der Waals surface area (Å²) in [5.74, 6) is 1.37. The van der Waals surface area contributed by atoms with Gasteiger partial charge in [0.1, 0.15) is 11.4 Å². The Labute approximate surface area is 206 Å². The number of aromatic amines is 1. The van der Waals surface area contributed by atoms with Crippen molar-refractivity contribution in [1.29, 1.82) is 0 Å². The summed E-state index contributed by atoms with van der Waals surface area (Å²) in [4.78, 5) is 31.4. The first-order chi connectivity index (χ1) is 16.8. The van der Waals surface area contributed by atoms with Crippen molar-refractivity contribution in [1.82, 2.24) is 9.55 Å². The van der Waals surface area contributed by atoms with E-state index in [1.807, 2.05) is 12.1 Å². The number of H-pyrrole nitrogens is 1. The molecule has 2 N–H and O–H groups in total. The summed E-state index contributed by atoms with van der Waals surface area (Å²) < 4.78 is 14.5. The van der Waals surface area contributed by atoms with Crippen LogP contribution in [-0.2, 0) is 5.41 Å². The Kier molecular flexibility index (Phi) is 5.22. The number of aromatic hydroxyl groups is 1. The fourth-order valence-electron chi connectivity index (χ4n) is 7.03. The van der Waals surface area contributed by atoms with Crippen molar-refractivity contribution in [2.45, 2.75) is 43.9 Å². The zero-order valence-electron chi connectivity index (χ0n) is 19.0. The van der Waals surface area contributed by atoms with Crippen LogP contribution in [0.3, 0.4) is 0 Å². The van der Waals surface area contributed by atoms with Crippen LogP contribution >= 0.6 is 11.6 Å². The van der Waals surface area contributed by atoms with E-state index in [0.29, 0.717) is 11.4 Å². The molecule has 0 unspecified atom stereocenters. The minimum atomic E-state index is -0.772. The Morgan fingerprint density at radius 2 is 1.66 bits per heavy atom. The van der Waals surface area contributed by atoms with Crippen LogP contribution in [0, 0.1) is 23.6 Å². The van der Waals surface area contributed by atoms with Crippen LogP contribution in [-0.4, -0.2) is 20.9 Å². The van der Waals surface area contributed by atoms with Gasteiger partial charge in [0, 0.05) is 6.21 Å². The number of hydrogen-bond acceptors (Lipinski definition) is 4. The maximum absolute atomic E-state index is 13.4. The summed E-state index contributed by atoms with van der Waals surface area (Å²) >= 11 is 5.78. The number of halogens is 2. The molecule has 4 bridgehead atoms. The lowest BCUT2D eigenvalue weighted by atomic mass is 9.48. The molecule has 8 heteroatoms. The molecule has 7 rings (SSSR count). The minimum Gasteiger partial charge on any atom is -0.493 e. The lowest BCUT2D eigenvalue weighted by molar-refractivity contribution is -0.00518. The van der Waals surface area contributed by atoms with Crippen molar-refractivity contribution in [3.63, 3.8) is 0 Å². The van der Waals surface area contributed by atoms with Crippen LogP contribution in [0.25, 0.3) is 5.69 Å². The van der Waals surface area contributed by atoms with Gasteiger partial charge in [0.25, 0.3) is 5.56 Å². The van der Waals surface area contributed by atoms with Crippen LogP contribution < -0.4 is 11.2 Å². The normalized spacial score (nSPS) is 27.1. The van der Waals surface area contributed by atoms with E-state index in [0.717, 1.165) is 34.6 Å². The first-order valence-electron chi connectivity index (χ1n) is 12.0. The van der Waals surface area contributed by atoms with Crippen LogP contribution in [0.4, 0.5) is 10.1 Å². The molecule has 35 heavy (non-hydrogen) atoms. The maximum atomic E-state index is 13.4. The highest BCUT2D eigenvalue weighted by Crippen LogP contribution is 2.60. The summed E-state index contributed by atoms with van der Waals surface area (Å²) in [6.45, 7) is 0. The number of aliphatic imine (C=N–C) groups is 1. The second kappa shape index (κ2) is 8.19. The molecule has 4 saturated carbocycles. The Morgan fingerprint density at radius 3 is 2.26 bits per heavy atom. The summed E-state index contributed by atoms with van der Waals surface area (Å²) in [7, 11) is 0. The van der Waals surface area contributed by atoms with Gasteiger partial charge in [-0.15, -0.1) is 0 Å². The van der Waals surface area contributed by atoms with E-state index >= 15 is 0 Å². The molecule has 3 aromatic rings. The number of hydrogen-bond donors (Lipinski definition) is 2. The van der Waals surface area contributed by atoms with E-state index < -0.39 is 22.9 Å². The average Bonchev–Trinajstić information content (AvgIpc) is 2.80. The fraction of sp³-hybridized carbons (Fsp3) is 0.370. The van der Waals surface area contributed by atoms with Crippen LogP contribution in [0.15, 0.2) is 57.0 Å². The van der Waals surface area contributed by atoms with Gasteiger partial charge in [-0.1, -0.05) is 23.7 Å². The molecule has 0 radical (unpaired) electrons. The number of aromatic nitrogens is 2. The van der Waals surface area contributed by atoms with Crippen molar-refractivity contribution in [3.8, 4) is 11.6 Å². The smallest absolute Gasteiger partial charge is 0.335 e. The van der Waals surface area contributed by atoms with E-state index in [1.54, 1.807) is 0 Å². The molecule has 180 valence electrons. The second-order valence-corrected chi connectivity index (χ2v) is 10.8. The van der Waals surface area contributed by atoms with Crippen LogP contribution in [0.2, 0.25) is 5.02 Å². The molecule has 0 amide bonds. The summed E-state index contributed by atoms with van der Waals surface area (Å²) in [5, 5.41) is 10.7. The minimum absolute atomic E-state index is 0.109. The number of benzene rings is 2. The van der Waals surface area contributed by atoms with Crippen LogP contribution in [0.5, 0.6) is 5.88 Å². The molecule has 4 aliphatic carbocycles. The zero-order valence-corrected chi connectivity index (χ0v) is 19.8. The zero-order chi connectivity index (χ0) is 24.3. The molecule has 4 aliphatic rings. The monoisotopic (exact) mass is 493 g/mol. The highest BCUT2D eigenvalue weighted by molar-refractivity contribution is 6.31. The Balaban J connectivity index is 1.34. The van der Waals surface area contributed by atoms with E-state index in [9.17, 15) is 19.1 Å². The fourth-order valence-corrected chi connectivity index (χ4v) is 7.20. The molecule has 1 heterocycles. The predicted molar refractivity (Wildman–Crippen MR) is 133 cm³/mol. The topological polar surface area (TPSA) is 87.5 Å². The Bertz CT molecular complexity index is 1420. The summed E-state index contributed by atoms with van der Waals surface area (Å²) in [5.41, 5.74) is 0.578. The second-order valence-electron chi connectivity index (χ2n) is 10.4. The highest BCUT2D eigenvalue weighted by atomic mass is 35.5. The standard InChI is InChI=1S/C27H25ClFN3O3/c28-22-10-19(3-6-23(22)29)30-14-21-24(33)31-26(35)32(25(21)34)20-4-1-18(2-5-20)27-11-15-7-16(12-27)9-17(8-15)13-27/h1-6,10,14-17,34H,7-9,11-13H2,(H,31,33,35). The van der Waals surface area contributed by atoms with Gasteiger partial charge in [0.05, 0.1) is 16.4 Å². The SMILES string of the molecule is O=c1[nH]c(=O)n(-c2ccc(C34CC5CC(CC(C5)C3)C4)cc2)c(O)c1C=Nc1ccc(F)c(Cl)c1. The quantitative estimate of drug-likeness (QED) is 0.487. The molecular weight excluding hydrogens is 469 g/mol. The number of nitrogens with one attached hydrogen (secondary N) is 1. The van der Waals surface area contributed by atoms with Crippen LogP contribution in [0.1, 0.15) is 49.7 Å². The van der Waals surface area contributed by atoms with Gasteiger partial charge in [-0.3, -0.25) is 14.8 Å². The largest absolute Gasteiger partial charge is 0.493 e. The van der Waals surface area contributed by atoms with Gasteiger partial charge in [-0.25, -0.2) is 13.8 Å². The van der Waals surface area contributed by atoms with E-state index in [1.165, 1.54) is 56.2 Å². The van der Waals surface area contributed by atoms with Gasteiger partial charge < -0.3 is 5.11 Å². The summed E-state index contributed by atoms with van der Waals surface area (Å²) in [6.07, 6.45) is 8.94. The third-order valence-corrected chi connectivity index (χ3v) is 8.43. The first-order valence-corrected chi connectivity index (χ1v) is 12.4. The highest BCUT2D eigenvalue weighted by Gasteiger charge is 2.51. The molecule has 6 nitrogen and oxygen atoms in total. The predicted octanol–water partition coefficient (Wildman–Crippen LogP) is 5.24. The van der Waals surface area contributed by atoms with Crippen molar-refractivity contribution in [3.05, 3.63) is 85.3 Å². The van der Waals surface area contributed by atoms with E-state index in [4.69, 9.17) is 11.6 Å². The third-order valence-electron chi connectivity index (χ3n) is 8.14. The van der Waals surface area contributed by atoms with Gasteiger partial charge in [0.2, 0.25) is 5.88 Å². The van der Waals surface area contributed by atoms with Crippen molar-refractivity contribution in [2.75, 3.05) is 0 Å². The van der Waals surface area contributed by atoms with Crippen molar-refractivity contribution < 1.29 is 9.50 Å². The van der Waals surface area contributed by atoms with Gasteiger partial charge in [-0.05, 0) is 97.6 Å². The number of rotatable bonds is 4. The molecule has 4 fully saturated rings. The Hall–Kier alpha value is -3.19. The first kappa shape index (κ1) is 22.3. The lowest BCUT2D eigenvalue weighted by Crippen LogP contribution is -2.48. The molecule has 0 saturated heterocycles. The third kappa shape index (κ3) is 3.82. The number of nitrogens with zero attached hydrogens (tertiary/aromatic N) is 2. The Morgan fingerprint density at radius 1 is 1.03 bits per heavy atom. The maximum Gasteiger partial charge on any atom is 0.335 e. The lowest BCUT2D eigenvalue weighted by Gasteiger charge is -2.57. The molecule has 0 spiro atoms. The average molecular weight is 494 g/mol. The van der Waals surface area contributed by atoms with Crippen molar-refractivity contribution in [2.24, 2.45) is 22.7 Å². The molecule has 1 aromatic heterocycles. The molecular formula is C27H25ClFN3O3. The van der Waals surface area contributed by atoms with Gasteiger partial charge in [-0.2, -0.15) is 0 Å². The van der Waals surface area contributed by atoms with E-state index in [2.05, 4.69) is 22.1 Å². The van der Waals surface area contributed by atoms with Crippen molar-refractivity contribution >= 4 is 23.5 Å². The van der Waals surface area contributed by atoms with Gasteiger partial charge in [0.15, 0.2) is 0 Å². The summed E-state index contributed by atoms with van der Waals surface area (Å²) in [6, 6.07) is 11.6. The van der Waals surface area contributed by atoms with E-state index in [-0.39, 0.29) is 16.0 Å². The molecule has 0 atom stereocenters. The molecule has 2 aromatic carbocycles. The van der Waals surface area contributed by atoms with Gasteiger partial charge >= 0.3 is 5.69 Å².